The highest BCUT2D eigenvalue weighted by molar-refractivity contribution is 8.00. The fourth-order valence-electron chi connectivity index (χ4n) is 3.57. The first kappa shape index (κ1) is 23.7. The van der Waals surface area contributed by atoms with Crippen molar-refractivity contribution in [2.45, 2.75) is 18.0 Å². The van der Waals surface area contributed by atoms with E-state index in [0.29, 0.717) is 11.3 Å². The van der Waals surface area contributed by atoms with Gasteiger partial charge in [-0.05, 0) is 6.07 Å². The summed E-state index contributed by atoms with van der Waals surface area (Å²) < 4.78 is 1.80. The largest absolute Gasteiger partial charge is 0.543 e. The summed E-state index contributed by atoms with van der Waals surface area (Å²) in [4.78, 5) is 51.8. The van der Waals surface area contributed by atoms with E-state index in [9.17, 15) is 19.5 Å². The Hall–Kier alpha value is -4.44. The number of fused-ring (bicyclic) bond motifs is 1. The molecule has 2 aliphatic heterocycles. The molecular formula is C22H19N7O5S. The first-order valence-electron chi connectivity index (χ1n) is 10.3. The molecule has 12 nitrogen and oxygen atoms in total. The van der Waals surface area contributed by atoms with Crippen molar-refractivity contribution in [2.24, 2.45) is 5.16 Å². The molecule has 1 unspecified atom stereocenters. The lowest BCUT2D eigenvalue weighted by Crippen LogP contribution is -2.71. The maximum Gasteiger partial charge on any atom is 0.278 e. The zero-order valence-electron chi connectivity index (χ0n) is 18.2. The Kier molecular flexibility index (Phi) is 6.93. The zero-order chi connectivity index (χ0) is 24.9. The molecule has 4 rings (SSSR count). The van der Waals surface area contributed by atoms with Gasteiger partial charge in [-0.1, -0.05) is 17.1 Å². The van der Waals surface area contributed by atoms with E-state index < -0.39 is 29.2 Å². The van der Waals surface area contributed by atoms with Crippen molar-refractivity contribution in [1.29, 1.82) is 0 Å². The predicted octanol–water partition coefficient (Wildman–Crippen LogP) is -2.20. The SMILES string of the molecule is C#CCO/N=C(/C(=O)NC1C(=O)N2C(C(=O)[O-])=C(C[n+]3ccccc3)CS[C@H]12)c1nccc(N)n1. The van der Waals surface area contributed by atoms with Crippen molar-refractivity contribution in [3.8, 4) is 12.3 Å². The molecule has 1 saturated heterocycles. The summed E-state index contributed by atoms with van der Waals surface area (Å²) in [6, 6.07) is 5.88. The Balaban J connectivity index is 1.54. The van der Waals surface area contributed by atoms with Gasteiger partial charge < -0.3 is 25.8 Å². The highest BCUT2D eigenvalue weighted by atomic mass is 32.2. The van der Waals surface area contributed by atoms with Gasteiger partial charge in [-0.2, -0.15) is 0 Å². The number of aliphatic carboxylic acids is 1. The monoisotopic (exact) mass is 493 g/mol. The Labute approximate surface area is 203 Å². The highest BCUT2D eigenvalue weighted by Gasteiger charge is 2.53. The molecule has 2 amide bonds. The second-order valence-corrected chi connectivity index (χ2v) is 8.48. The number of carboxylic acids is 1. The van der Waals surface area contributed by atoms with Crippen LogP contribution in [0.3, 0.4) is 0 Å². The van der Waals surface area contributed by atoms with Gasteiger partial charge in [-0.25, -0.2) is 14.5 Å². The van der Waals surface area contributed by atoms with Crippen LogP contribution in [0.5, 0.6) is 0 Å². The minimum atomic E-state index is -1.46. The van der Waals surface area contributed by atoms with E-state index in [-0.39, 0.29) is 36.2 Å². The number of carbonyl (C=O) groups excluding carboxylic acids is 3. The van der Waals surface area contributed by atoms with E-state index in [2.05, 4.69) is 26.4 Å². The van der Waals surface area contributed by atoms with Crippen LogP contribution in [0.15, 0.2) is 59.3 Å². The van der Waals surface area contributed by atoms with E-state index >= 15 is 0 Å². The fraction of sp³-hybridized carbons (Fsp3) is 0.227. The maximum absolute atomic E-state index is 13.0. The van der Waals surface area contributed by atoms with Gasteiger partial charge in [0.25, 0.3) is 11.8 Å². The van der Waals surface area contributed by atoms with E-state index in [0.717, 1.165) is 4.90 Å². The smallest absolute Gasteiger partial charge is 0.278 e. The Bertz CT molecular complexity index is 1270. The van der Waals surface area contributed by atoms with Gasteiger partial charge in [0.05, 0.1) is 11.7 Å². The van der Waals surface area contributed by atoms with Crippen LogP contribution in [0.2, 0.25) is 0 Å². The molecular weight excluding hydrogens is 474 g/mol. The number of nitrogens with two attached hydrogens (primary N) is 1. The summed E-state index contributed by atoms with van der Waals surface area (Å²) in [5, 5.41) is 17.6. The van der Waals surface area contributed by atoms with E-state index in [1.54, 1.807) is 17.0 Å². The molecule has 3 N–H and O–H groups in total. The molecule has 4 heterocycles. The number of terminal acetylenes is 1. The number of anilines is 1. The van der Waals surface area contributed by atoms with Crippen molar-refractivity contribution in [3.63, 3.8) is 0 Å². The Morgan fingerprint density at radius 3 is 2.86 bits per heavy atom. The Morgan fingerprint density at radius 2 is 2.17 bits per heavy atom. The van der Waals surface area contributed by atoms with Gasteiger partial charge in [0.2, 0.25) is 5.71 Å². The van der Waals surface area contributed by atoms with Crippen molar-refractivity contribution < 1.29 is 28.9 Å². The molecule has 2 atom stereocenters. The number of nitrogens with zero attached hydrogens (tertiary/aromatic N) is 5. The molecule has 0 aromatic carbocycles. The fourth-order valence-corrected chi connectivity index (χ4v) is 4.90. The molecule has 0 saturated carbocycles. The minimum Gasteiger partial charge on any atom is -0.543 e. The van der Waals surface area contributed by atoms with Gasteiger partial charge in [-0.15, -0.1) is 18.2 Å². The third-order valence-corrected chi connectivity index (χ3v) is 6.43. The number of carbonyl (C=O) groups is 3. The van der Waals surface area contributed by atoms with Gasteiger partial charge >= 0.3 is 0 Å². The van der Waals surface area contributed by atoms with E-state index in [1.807, 2.05) is 18.2 Å². The summed E-state index contributed by atoms with van der Waals surface area (Å²) in [5.74, 6) is -0.361. The summed E-state index contributed by atoms with van der Waals surface area (Å²) in [6.07, 6.45) is 10.1. The lowest BCUT2D eigenvalue weighted by atomic mass is 10.0. The molecule has 13 heteroatoms. The zero-order valence-corrected chi connectivity index (χ0v) is 19.0. The molecule has 0 aliphatic carbocycles. The molecule has 1 fully saturated rings. The van der Waals surface area contributed by atoms with Gasteiger partial charge in [0, 0.05) is 29.7 Å². The van der Waals surface area contributed by atoms with E-state index in [1.165, 1.54) is 24.0 Å². The van der Waals surface area contributed by atoms with Crippen molar-refractivity contribution in [2.75, 3.05) is 18.1 Å². The molecule has 2 aromatic rings. The molecule has 2 aromatic heterocycles. The number of amides is 2. The van der Waals surface area contributed by atoms with Gasteiger partial charge in [-0.3, -0.25) is 14.5 Å². The van der Waals surface area contributed by atoms with E-state index in [4.69, 9.17) is 17.0 Å². The Morgan fingerprint density at radius 1 is 1.40 bits per heavy atom. The number of nitrogens with one attached hydrogen (secondary N) is 1. The summed E-state index contributed by atoms with van der Waals surface area (Å²) in [6.45, 7) is 0.0659. The topological polar surface area (TPSA) is 167 Å². The number of hydrogen-bond acceptors (Lipinski definition) is 10. The van der Waals surface area contributed by atoms with Crippen LogP contribution in [0.4, 0.5) is 5.82 Å². The minimum absolute atomic E-state index is 0.0914. The first-order chi connectivity index (χ1) is 16.9. The number of thioether (sulfide) groups is 1. The number of aromatic nitrogens is 3. The maximum atomic E-state index is 13.0. The molecule has 0 bridgehead atoms. The number of pyridine rings is 1. The second-order valence-electron chi connectivity index (χ2n) is 7.37. The van der Waals surface area contributed by atoms with Crippen LogP contribution in [0, 0.1) is 12.3 Å². The second kappa shape index (κ2) is 10.2. The number of carboxylic acid groups (broad SMARTS) is 1. The van der Waals surface area contributed by atoms with Crippen LogP contribution in [0.1, 0.15) is 5.82 Å². The van der Waals surface area contributed by atoms with Gasteiger partial charge in [0.1, 0.15) is 17.2 Å². The predicted molar refractivity (Wildman–Crippen MR) is 121 cm³/mol. The van der Waals surface area contributed by atoms with Crippen LogP contribution in [-0.4, -0.2) is 62.1 Å². The lowest BCUT2D eigenvalue weighted by Gasteiger charge is -2.50. The lowest BCUT2D eigenvalue weighted by molar-refractivity contribution is -0.689. The number of hydrogen-bond donors (Lipinski definition) is 2. The number of oxime groups is 1. The molecule has 0 spiro atoms. The number of rotatable bonds is 8. The molecule has 35 heavy (non-hydrogen) atoms. The average Bonchev–Trinajstić information content (AvgIpc) is 2.85. The summed E-state index contributed by atoms with van der Waals surface area (Å²) >= 11 is 1.33. The average molecular weight is 494 g/mol. The van der Waals surface area contributed by atoms with Crippen LogP contribution >= 0.6 is 11.8 Å². The van der Waals surface area contributed by atoms with Crippen molar-refractivity contribution in [1.82, 2.24) is 20.2 Å². The van der Waals surface area contributed by atoms with Crippen molar-refractivity contribution in [3.05, 3.63) is 60.0 Å². The van der Waals surface area contributed by atoms with Crippen LogP contribution in [0.25, 0.3) is 0 Å². The van der Waals surface area contributed by atoms with Crippen LogP contribution in [-0.2, 0) is 25.8 Å². The standard InChI is InChI=1S/C22H19N7O5S/c1-2-10-34-27-15(18-24-7-6-14(23)25-18)19(30)26-16-20(31)29-17(22(32)33)13(12-35-21(16)29)11-28-8-4-3-5-9-28/h1,3-9,16,21H,10-12H2,(H3-,23,24,25,26,30,32,33)/b27-15+/t16?,21-/m1/s1. The molecule has 178 valence electrons. The highest BCUT2D eigenvalue weighted by Crippen LogP contribution is 2.40. The molecule has 0 radical (unpaired) electrons. The summed E-state index contributed by atoms with van der Waals surface area (Å²) in [5.41, 5.74) is 5.67. The molecule has 2 aliphatic rings. The third kappa shape index (κ3) is 4.92. The number of β-lactam (4-membered cyclic amide) rings is 1. The van der Waals surface area contributed by atoms with Crippen molar-refractivity contribution >= 4 is 41.1 Å². The van der Waals surface area contributed by atoms with Gasteiger partial charge in [0.15, 0.2) is 31.4 Å². The normalized spacial score (nSPS) is 19.3. The van der Waals surface area contributed by atoms with Crippen LogP contribution < -0.4 is 20.7 Å². The third-order valence-electron chi connectivity index (χ3n) is 5.09. The first-order valence-corrected chi connectivity index (χ1v) is 11.3. The quantitative estimate of drug-likeness (QED) is 0.104. The summed E-state index contributed by atoms with van der Waals surface area (Å²) in [7, 11) is 0. The number of nitrogen functional groups attached to an aromatic ring is 1.